The maximum Gasteiger partial charge on any atom is 0.242 e. The van der Waals surface area contributed by atoms with E-state index in [9.17, 15) is 0 Å². The van der Waals surface area contributed by atoms with E-state index in [1.165, 1.54) is 13.3 Å². The van der Waals surface area contributed by atoms with Gasteiger partial charge in [-0.1, -0.05) is 17.3 Å². The van der Waals surface area contributed by atoms with Gasteiger partial charge in [-0.05, 0) is 12.1 Å². The van der Waals surface area contributed by atoms with E-state index in [4.69, 9.17) is 9.94 Å². The van der Waals surface area contributed by atoms with Crippen LogP contribution in [0.5, 0.6) is 5.88 Å². The lowest BCUT2D eigenvalue weighted by molar-refractivity contribution is 0.321. The van der Waals surface area contributed by atoms with Gasteiger partial charge in [0.25, 0.3) is 0 Å². The molecule has 1 N–H and O–H groups in total. The molecule has 0 aliphatic rings. The van der Waals surface area contributed by atoms with Gasteiger partial charge in [0, 0.05) is 0 Å². The summed E-state index contributed by atoms with van der Waals surface area (Å²) in [5.74, 6) is 0.339. The Hall–Kier alpha value is -2.17. The summed E-state index contributed by atoms with van der Waals surface area (Å²) in [6, 6.07) is 7.40. The quantitative estimate of drug-likeness (QED) is 0.455. The Labute approximate surface area is 86.0 Å². The molecule has 0 aliphatic heterocycles. The van der Waals surface area contributed by atoms with Crippen molar-refractivity contribution >= 4 is 17.2 Å². The zero-order valence-corrected chi connectivity index (χ0v) is 8.08. The summed E-state index contributed by atoms with van der Waals surface area (Å²) >= 11 is 0. The largest absolute Gasteiger partial charge is 0.479 e. The summed E-state index contributed by atoms with van der Waals surface area (Å²) in [6.45, 7) is 0. The van der Waals surface area contributed by atoms with Crippen LogP contribution >= 0.6 is 0 Å². The van der Waals surface area contributed by atoms with Gasteiger partial charge in [0.2, 0.25) is 5.88 Å². The molecule has 0 radical (unpaired) electrons. The molecular weight excluding hydrogens is 194 g/mol. The number of nitrogens with zero attached hydrogens (tertiary/aromatic N) is 3. The Morgan fingerprint density at radius 2 is 1.93 bits per heavy atom. The second-order valence-corrected chi connectivity index (χ2v) is 2.85. The predicted octanol–water partition coefficient (Wildman–Crippen LogP) is 1.45. The van der Waals surface area contributed by atoms with Crippen LogP contribution in [-0.4, -0.2) is 28.5 Å². The first kappa shape index (κ1) is 9.39. The molecule has 0 atom stereocenters. The maximum atomic E-state index is 8.46. The summed E-state index contributed by atoms with van der Waals surface area (Å²) in [7, 11) is 1.49. The average molecular weight is 203 g/mol. The van der Waals surface area contributed by atoms with Gasteiger partial charge in [-0.3, -0.25) is 0 Å². The first-order valence-electron chi connectivity index (χ1n) is 4.33. The first-order chi connectivity index (χ1) is 7.35. The van der Waals surface area contributed by atoms with Crippen LogP contribution in [0.25, 0.3) is 11.0 Å². The van der Waals surface area contributed by atoms with Crippen molar-refractivity contribution in [3.05, 3.63) is 30.0 Å². The Kier molecular flexibility index (Phi) is 2.45. The van der Waals surface area contributed by atoms with Crippen molar-refractivity contribution in [1.29, 1.82) is 0 Å². The zero-order chi connectivity index (χ0) is 10.7. The van der Waals surface area contributed by atoms with Crippen molar-refractivity contribution in [2.24, 2.45) is 5.16 Å². The third-order valence-electron chi connectivity index (χ3n) is 1.94. The third-order valence-corrected chi connectivity index (χ3v) is 1.94. The molecule has 76 valence electrons. The number of benzene rings is 1. The van der Waals surface area contributed by atoms with E-state index in [0.29, 0.717) is 11.6 Å². The van der Waals surface area contributed by atoms with Crippen LogP contribution in [0.2, 0.25) is 0 Å². The van der Waals surface area contributed by atoms with Crippen molar-refractivity contribution in [3.8, 4) is 5.88 Å². The van der Waals surface area contributed by atoms with E-state index in [2.05, 4.69) is 15.1 Å². The summed E-state index contributed by atoms with van der Waals surface area (Å²) in [5.41, 5.74) is 1.87. The van der Waals surface area contributed by atoms with Gasteiger partial charge >= 0.3 is 0 Å². The van der Waals surface area contributed by atoms with Crippen molar-refractivity contribution in [2.45, 2.75) is 0 Å². The highest BCUT2D eigenvalue weighted by Gasteiger charge is 2.06. The molecule has 0 amide bonds. The SMILES string of the molecule is COc1nc2ccccc2nc1/C=N\O. The van der Waals surface area contributed by atoms with Gasteiger partial charge in [-0.25, -0.2) is 9.97 Å². The first-order valence-corrected chi connectivity index (χ1v) is 4.33. The fourth-order valence-electron chi connectivity index (χ4n) is 1.29. The molecule has 5 heteroatoms. The van der Waals surface area contributed by atoms with Gasteiger partial charge in [-0.2, -0.15) is 0 Å². The third kappa shape index (κ3) is 1.71. The lowest BCUT2D eigenvalue weighted by Crippen LogP contribution is -1.98. The summed E-state index contributed by atoms with van der Waals surface area (Å²) in [4.78, 5) is 8.46. The number of hydrogen-bond donors (Lipinski definition) is 1. The molecule has 2 rings (SSSR count). The minimum absolute atomic E-state index is 0.339. The zero-order valence-electron chi connectivity index (χ0n) is 8.08. The second kappa shape index (κ2) is 3.91. The molecule has 15 heavy (non-hydrogen) atoms. The highest BCUT2D eigenvalue weighted by Crippen LogP contribution is 2.16. The van der Waals surface area contributed by atoms with E-state index in [1.807, 2.05) is 24.3 Å². The van der Waals surface area contributed by atoms with E-state index in [0.717, 1.165) is 11.0 Å². The molecule has 0 unspecified atom stereocenters. The van der Waals surface area contributed by atoms with Crippen molar-refractivity contribution in [2.75, 3.05) is 7.11 Å². The van der Waals surface area contributed by atoms with Crippen LogP contribution in [-0.2, 0) is 0 Å². The Morgan fingerprint density at radius 1 is 1.27 bits per heavy atom. The lowest BCUT2D eigenvalue weighted by Gasteiger charge is -2.03. The number of hydrogen-bond acceptors (Lipinski definition) is 5. The molecule has 1 aromatic heterocycles. The molecule has 0 fully saturated rings. The highest BCUT2D eigenvalue weighted by atomic mass is 16.5. The number of para-hydroxylation sites is 2. The van der Waals surface area contributed by atoms with Crippen LogP contribution in [0.15, 0.2) is 29.4 Å². The second-order valence-electron chi connectivity index (χ2n) is 2.85. The Balaban J connectivity index is 2.69. The number of ether oxygens (including phenoxy) is 1. The molecule has 0 bridgehead atoms. The number of rotatable bonds is 2. The molecule has 1 aromatic carbocycles. The topological polar surface area (TPSA) is 67.6 Å². The molecule has 5 nitrogen and oxygen atoms in total. The van der Waals surface area contributed by atoms with Crippen molar-refractivity contribution in [1.82, 2.24) is 9.97 Å². The smallest absolute Gasteiger partial charge is 0.242 e. The molecule has 0 aliphatic carbocycles. The van der Waals surface area contributed by atoms with Crippen LogP contribution in [0.3, 0.4) is 0 Å². The Bertz CT molecular complexity index is 511. The van der Waals surface area contributed by atoms with Gasteiger partial charge < -0.3 is 9.94 Å². The lowest BCUT2D eigenvalue weighted by atomic mass is 10.3. The van der Waals surface area contributed by atoms with E-state index in [1.54, 1.807) is 0 Å². The fraction of sp³-hybridized carbons (Fsp3) is 0.100. The molecule has 0 spiro atoms. The summed E-state index contributed by atoms with van der Waals surface area (Å²) in [5, 5.41) is 11.4. The molecule has 0 saturated heterocycles. The van der Waals surface area contributed by atoms with Crippen LogP contribution in [0, 0.1) is 0 Å². The summed E-state index contributed by atoms with van der Waals surface area (Å²) in [6.07, 6.45) is 1.19. The number of fused-ring (bicyclic) bond motifs is 1. The Morgan fingerprint density at radius 3 is 2.53 bits per heavy atom. The van der Waals surface area contributed by atoms with Gasteiger partial charge in [0.1, 0.15) is 5.69 Å². The fourth-order valence-corrected chi connectivity index (χ4v) is 1.29. The van der Waals surface area contributed by atoms with Crippen LogP contribution < -0.4 is 4.74 Å². The number of oxime groups is 1. The van der Waals surface area contributed by atoms with E-state index in [-0.39, 0.29) is 0 Å². The van der Waals surface area contributed by atoms with Gasteiger partial charge in [-0.15, -0.1) is 0 Å². The number of methoxy groups -OCH3 is 1. The monoisotopic (exact) mass is 203 g/mol. The minimum atomic E-state index is 0.339. The van der Waals surface area contributed by atoms with Gasteiger partial charge in [0.15, 0.2) is 0 Å². The van der Waals surface area contributed by atoms with E-state index < -0.39 is 0 Å². The van der Waals surface area contributed by atoms with Crippen LogP contribution in [0.1, 0.15) is 5.69 Å². The van der Waals surface area contributed by atoms with Crippen molar-refractivity contribution < 1.29 is 9.94 Å². The maximum absolute atomic E-state index is 8.46. The molecule has 0 saturated carbocycles. The van der Waals surface area contributed by atoms with Crippen LogP contribution in [0.4, 0.5) is 0 Å². The predicted molar refractivity (Wildman–Crippen MR) is 55.5 cm³/mol. The van der Waals surface area contributed by atoms with Gasteiger partial charge in [0.05, 0.1) is 24.4 Å². The minimum Gasteiger partial charge on any atom is -0.479 e. The molecule has 1 heterocycles. The average Bonchev–Trinajstić information content (AvgIpc) is 2.28. The molecule has 2 aromatic rings. The van der Waals surface area contributed by atoms with Crippen molar-refractivity contribution in [3.63, 3.8) is 0 Å². The summed E-state index contributed by atoms with van der Waals surface area (Å²) < 4.78 is 5.03. The molecular formula is C10H9N3O2. The number of aromatic nitrogens is 2. The highest BCUT2D eigenvalue weighted by molar-refractivity contribution is 5.84. The standard InChI is InChI=1S/C10H9N3O2/c1-15-10-9(6-11-14)12-7-4-2-3-5-8(7)13-10/h2-6,14H,1H3/b11-6-. The normalized spacial score (nSPS) is 11.0. The van der Waals surface area contributed by atoms with E-state index >= 15 is 0 Å².